The Labute approximate surface area is 114 Å². The number of benzene rings is 1. The van der Waals surface area contributed by atoms with Gasteiger partial charge in [0.05, 0.1) is 10.9 Å². The molecule has 0 aliphatic heterocycles. The molecule has 1 heterocycles. The molecule has 3 rings (SSSR count). The Morgan fingerprint density at radius 3 is 2.95 bits per heavy atom. The molecule has 1 aromatic carbocycles. The Morgan fingerprint density at radius 1 is 1.42 bits per heavy atom. The van der Waals surface area contributed by atoms with Crippen LogP contribution < -0.4 is 5.73 Å². The fourth-order valence-corrected chi connectivity index (χ4v) is 2.69. The van der Waals surface area contributed by atoms with E-state index >= 15 is 0 Å². The Morgan fingerprint density at radius 2 is 2.26 bits per heavy atom. The maximum Gasteiger partial charge on any atom is 0.214 e. The summed E-state index contributed by atoms with van der Waals surface area (Å²) >= 11 is 1.26. The summed E-state index contributed by atoms with van der Waals surface area (Å²) in [4.78, 5) is 0.539. The maximum atomic E-state index is 14.0. The van der Waals surface area contributed by atoms with E-state index in [4.69, 9.17) is 5.73 Å². The summed E-state index contributed by atoms with van der Waals surface area (Å²) < 4.78 is 15.7. The van der Waals surface area contributed by atoms with Crippen LogP contribution in [-0.4, -0.2) is 26.8 Å². The molecule has 0 saturated heterocycles. The standard InChI is InChI=1S/C12H14FN5S/c13-10-7-8(5-6-14)1-4-11(10)19-12-15-16-17-18(12)9-2-3-9/h1,4,7,9H,2-3,5-6,14H2. The number of nitrogens with two attached hydrogens (primary N) is 1. The molecule has 0 radical (unpaired) electrons. The van der Waals surface area contributed by atoms with Gasteiger partial charge in [0.2, 0.25) is 5.16 Å². The minimum atomic E-state index is -0.249. The third-order valence-corrected chi connectivity index (χ3v) is 3.99. The maximum absolute atomic E-state index is 14.0. The average Bonchev–Trinajstić information content (AvgIpc) is 3.14. The van der Waals surface area contributed by atoms with Crippen LogP contribution in [-0.2, 0) is 6.42 Å². The van der Waals surface area contributed by atoms with Gasteiger partial charge in [0, 0.05) is 0 Å². The second-order valence-electron chi connectivity index (χ2n) is 4.54. The Hall–Kier alpha value is -1.47. The van der Waals surface area contributed by atoms with Crippen molar-refractivity contribution in [3.05, 3.63) is 29.6 Å². The molecular formula is C12H14FN5S. The molecule has 5 nitrogen and oxygen atoms in total. The zero-order valence-corrected chi connectivity index (χ0v) is 11.1. The number of rotatable bonds is 5. The fraction of sp³-hybridized carbons (Fsp3) is 0.417. The van der Waals surface area contributed by atoms with Crippen molar-refractivity contribution in [1.82, 2.24) is 20.2 Å². The van der Waals surface area contributed by atoms with Crippen molar-refractivity contribution in [2.24, 2.45) is 5.73 Å². The smallest absolute Gasteiger partial charge is 0.214 e. The zero-order chi connectivity index (χ0) is 13.2. The molecular weight excluding hydrogens is 265 g/mol. The van der Waals surface area contributed by atoms with Gasteiger partial charge in [-0.1, -0.05) is 6.07 Å². The van der Waals surface area contributed by atoms with Gasteiger partial charge in [0.25, 0.3) is 0 Å². The lowest BCUT2D eigenvalue weighted by Crippen LogP contribution is -2.03. The minimum Gasteiger partial charge on any atom is -0.330 e. The van der Waals surface area contributed by atoms with E-state index in [0.717, 1.165) is 18.4 Å². The summed E-state index contributed by atoms with van der Waals surface area (Å²) in [6, 6.07) is 5.57. The van der Waals surface area contributed by atoms with Crippen LogP contribution in [0.25, 0.3) is 0 Å². The van der Waals surface area contributed by atoms with E-state index in [2.05, 4.69) is 15.5 Å². The predicted octanol–water partition coefficient (Wildman–Crippen LogP) is 1.80. The first-order valence-electron chi connectivity index (χ1n) is 6.22. The normalized spacial score (nSPS) is 14.8. The first kappa shape index (κ1) is 12.6. The van der Waals surface area contributed by atoms with Gasteiger partial charge in [-0.25, -0.2) is 9.07 Å². The molecule has 0 spiro atoms. The van der Waals surface area contributed by atoms with Crippen molar-refractivity contribution >= 4 is 11.8 Å². The second kappa shape index (κ2) is 5.26. The minimum absolute atomic E-state index is 0.249. The lowest BCUT2D eigenvalue weighted by Gasteiger charge is -2.05. The fourth-order valence-electron chi connectivity index (χ4n) is 1.85. The van der Waals surface area contributed by atoms with Crippen molar-refractivity contribution in [2.75, 3.05) is 6.54 Å². The summed E-state index contributed by atoms with van der Waals surface area (Å²) in [5, 5.41) is 12.2. The van der Waals surface area contributed by atoms with Gasteiger partial charge >= 0.3 is 0 Å². The summed E-state index contributed by atoms with van der Waals surface area (Å²) in [7, 11) is 0. The first-order valence-corrected chi connectivity index (χ1v) is 7.04. The van der Waals surface area contributed by atoms with Crippen LogP contribution in [0.2, 0.25) is 0 Å². The van der Waals surface area contributed by atoms with Crippen LogP contribution in [0, 0.1) is 5.82 Å². The van der Waals surface area contributed by atoms with E-state index in [1.54, 1.807) is 10.7 Å². The van der Waals surface area contributed by atoms with Gasteiger partial charge in [-0.3, -0.25) is 0 Å². The number of halogens is 1. The quantitative estimate of drug-likeness (QED) is 0.903. The molecule has 1 aliphatic carbocycles. The molecule has 19 heavy (non-hydrogen) atoms. The molecule has 100 valence electrons. The predicted molar refractivity (Wildman–Crippen MR) is 69.4 cm³/mol. The molecule has 0 atom stereocenters. The third kappa shape index (κ3) is 2.76. The number of nitrogens with zero attached hydrogens (tertiary/aromatic N) is 4. The highest BCUT2D eigenvalue weighted by Gasteiger charge is 2.28. The highest BCUT2D eigenvalue weighted by Crippen LogP contribution is 2.38. The van der Waals surface area contributed by atoms with Crippen molar-refractivity contribution < 1.29 is 4.39 Å². The summed E-state index contributed by atoms with van der Waals surface area (Å²) in [5.41, 5.74) is 6.37. The topological polar surface area (TPSA) is 69.6 Å². The first-order chi connectivity index (χ1) is 9.28. The number of tetrazole rings is 1. The lowest BCUT2D eigenvalue weighted by atomic mass is 10.1. The van der Waals surface area contributed by atoms with Gasteiger partial charge in [-0.05, 0) is 65.7 Å². The second-order valence-corrected chi connectivity index (χ2v) is 5.55. The molecule has 1 aromatic heterocycles. The lowest BCUT2D eigenvalue weighted by molar-refractivity contribution is 0.563. The Bertz CT molecular complexity index is 581. The van der Waals surface area contributed by atoms with Gasteiger partial charge < -0.3 is 5.73 Å². The Balaban J connectivity index is 1.80. The molecule has 7 heteroatoms. The number of hydrogen-bond donors (Lipinski definition) is 1. The van der Waals surface area contributed by atoms with E-state index in [1.807, 2.05) is 6.07 Å². The van der Waals surface area contributed by atoms with Crippen molar-refractivity contribution in [3.8, 4) is 0 Å². The molecule has 1 aliphatic rings. The van der Waals surface area contributed by atoms with E-state index in [9.17, 15) is 4.39 Å². The highest BCUT2D eigenvalue weighted by molar-refractivity contribution is 7.99. The number of aromatic nitrogens is 4. The molecule has 1 fully saturated rings. The molecule has 2 N–H and O–H groups in total. The van der Waals surface area contributed by atoms with E-state index < -0.39 is 0 Å². The molecule has 0 amide bonds. The molecule has 0 bridgehead atoms. The number of hydrogen-bond acceptors (Lipinski definition) is 5. The van der Waals surface area contributed by atoms with Crippen molar-refractivity contribution in [1.29, 1.82) is 0 Å². The Kier molecular flexibility index (Phi) is 3.48. The summed E-state index contributed by atoms with van der Waals surface area (Å²) in [5.74, 6) is -0.249. The molecule has 1 saturated carbocycles. The summed E-state index contributed by atoms with van der Waals surface area (Å²) in [6.45, 7) is 0.520. The van der Waals surface area contributed by atoms with Crippen LogP contribution in [0.5, 0.6) is 0 Å². The van der Waals surface area contributed by atoms with Gasteiger partial charge in [0.1, 0.15) is 5.82 Å². The molecule has 2 aromatic rings. The third-order valence-electron chi connectivity index (χ3n) is 2.99. The zero-order valence-electron chi connectivity index (χ0n) is 10.3. The van der Waals surface area contributed by atoms with Crippen LogP contribution in [0.15, 0.2) is 28.3 Å². The summed E-state index contributed by atoms with van der Waals surface area (Å²) in [6.07, 6.45) is 2.87. The van der Waals surface area contributed by atoms with Crippen LogP contribution in [0.4, 0.5) is 4.39 Å². The van der Waals surface area contributed by atoms with E-state index in [0.29, 0.717) is 29.1 Å². The van der Waals surface area contributed by atoms with Crippen LogP contribution >= 0.6 is 11.8 Å². The largest absolute Gasteiger partial charge is 0.330 e. The monoisotopic (exact) mass is 279 g/mol. The van der Waals surface area contributed by atoms with Gasteiger partial charge in [0.15, 0.2) is 0 Å². The van der Waals surface area contributed by atoms with Crippen molar-refractivity contribution in [3.63, 3.8) is 0 Å². The van der Waals surface area contributed by atoms with E-state index in [-0.39, 0.29) is 5.82 Å². The SMILES string of the molecule is NCCc1ccc(Sc2nnnn2C2CC2)c(F)c1. The average molecular weight is 279 g/mol. The van der Waals surface area contributed by atoms with Crippen LogP contribution in [0.1, 0.15) is 24.4 Å². The van der Waals surface area contributed by atoms with E-state index in [1.165, 1.54) is 17.8 Å². The highest BCUT2D eigenvalue weighted by atomic mass is 32.2. The van der Waals surface area contributed by atoms with Gasteiger partial charge in [-0.2, -0.15) is 0 Å². The van der Waals surface area contributed by atoms with Crippen LogP contribution in [0.3, 0.4) is 0 Å². The van der Waals surface area contributed by atoms with Gasteiger partial charge in [-0.15, -0.1) is 5.10 Å². The molecule has 0 unspecified atom stereocenters. The van der Waals surface area contributed by atoms with Crippen molar-refractivity contribution in [2.45, 2.75) is 35.4 Å².